The number of nitrogens with one attached hydrogen (secondary N) is 1. The van der Waals surface area contributed by atoms with Crippen molar-refractivity contribution in [2.45, 2.75) is 51.1 Å². The number of likely N-dealkylation sites (tertiary alicyclic amines) is 1. The van der Waals surface area contributed by atoms with Crippen molar-refractivity contribution in [1.29, 1.82) is 0 Å². The molecule has 0 bridgehead atoms. The van der Waals surface area contributed by atoms with Crippen LogP contribution in [-0.4, -0.2) is 35.6 Å². The van der Waals surface area contributed by atoms with E-state index < -0.39 is 0 Å². The van der Waals surface area contributed by atoms with Gasteiger partial charge in [-0.3, -0.25) is 4.90 Å². The van der Waals surface area contributed by atoms with E-state index in [4.69, 9.17) is 5.73 Å². The smallest absolute Gasteiger partial charge is 0.128 e. The minimum atomic E-state index is 0.127. The molecule has 0 aromatic carbocycles. The summed E-state index contributed by atoms with van der Waals surface area (Å²) >= 11 is 0. The Hall–Kier alpha value is -1.13. The lowest BCUT2D eigenvalue weighted by Gasteiger charge is -2.47. The number of anilines is 1. The first-order valence-electron chi connectivity index (χ1n) is 7.82. The predicted molar refractivity (Wildman–Crippen MR) is 84.6 cm³/mol. The van der Waals surface area contributed by atoms with Crippen LogP contribution in [0.1, 0.15) is 51.1 Å². The third kappa shape index (κ3) is 2.54. The van der Waals surface area contributed by atoms with Gasteiger partial charge in [0.05, 0.1) is 6.04 Å². The molecule has 3 N–H and O–H groups in total. The molecule has 0 saturated carbocycles. The van der Waals surface area contributed by atoms with Crippen LogP contribution in [0.15, 0.2) is 18.3 Å². The Morgan fingerprint density at radius 2 is 2.00 bits per heavy atom. The second-order valence-corrected chi connectivity index (χ2v) is 5.70. The first-order chi connectivity index (χ1) is 9.69. The lowest BCUT2D eigenvalue weighted by atomic mass is 9.79. The zero-order valence-corrected chi connectivity index (χ0v) is 13.0. The van der Waals surface area contributed by atoms with E-state index in [1.807, 2.05) is 13.1 Å². The topological polar surface area (TPSA) is 54.2 Å². The van der Waals surface area contributed by atoms with Crippen LogP contribution in [0.5, 0.6) is 0 Å². The summed E-state index contributed by atoms with van der Waals surface area (Å²) < 4.78 is 0. The molecule has 1 saturated heterocycles. The minimum Gasteiger partial charge on any atom is -0.383 e. The molecule has 0 amide bonds. The summed E-state index contributed by atoms with van der Waals surface area (Å²) in [7, 11) is 2.03. The number of hydrogen-bond donors (Lipinski definition) is 2. The monoisotopic (exact) mass is 276 g/mol. The summed E-state index contributed by atoms with van der Waals surface area (Å²) in [6.45, 7) is 6.97. The molecule has 20 heavy (non-hydrogen) atoms. The van der Waals surface area contributed by atoms with Gasteiger partial charge in [0.25, 0.3) is 0 Å². The fourth-order valence-electron chi connectivity index (χ4n) is 3.84. The van der Waals surface area contributed by atoms with Crippen molar-refractivity contribution in [2.75, 3.05) is 25.9 Å². The number of rotatable bonds is 6. The molecule has 0 aliphatic carbocycles. The van der Waals surface area contributed by atoms with Gasteiger partial charge in [0.1, 0.15) is 5.82 Å². The lowest BCUT2D eigenvalue weighted by molar-refractivity contribution is 0.0648. The van der Waals surface area contributed by atoms with E-state index in [1.165, 1.54) is 25.9 Å². The lowest BCUT2D eigenvalue weighted by Crippen LogP contribution is -2.54. The maximum Gasteiger partial charge on any atom is 0.128 e. The van der Waals surface area contributed by atoms with Crippen LogP contribution in [-0.2, 0) is 0 Å². The van der Waals surface area contributed by atoms with Gasteiger partial charge in [0.15, 0.2) is 0 Å². The molecule has 0 spiro atoms. The second kappa shape index (κ2) is 6.55. The predicted octanol–water partition coefficient (Wildman–Crippen LogP) is 2.58. The van der Waals surface area contributed by atoms with Gasteiger partial charge in [-0.15, -0.1) is 0 Å². The van der Waals surface area contributed by atoms with Crippen LogP contribution in [0.2, 0.25) is 0 Å². The Bertz CT molecular complexity index is 422. The van der Waals surface area contributed by atoms with Crippen LogP contribution < -0.4 is 11.1 Å². The Morgan fingerprint density at radius 3 is 2.50 bits per heavy atom. The number of hydrogen-bond acceptors (Lipinski definition) is 4. The van der Waals surface area contributed by atoms with Gasteiger partial charge in [-0.2, -0.15) is 0 Å². The molecule has 0 radical (unpaired) electrons. The van der Waals surface area contributed by atoms with Gasteiger partial charge in [0, 0.05) is 17.3 Å². The van der Waals surface area contributed by atoms with Crippen molar-refractivity contribution >= 4 is 5.82 Å². The highest BCUT2D eigenvalue weighted by molar-refractivity contribution is 5.42. The molecule has 2 heterocycles. The number of likely N-dealkylation sites (N-methyl/N-ethyl adjacent to an activating group) is 1. The maximum absolute atomic E-state index is 6.13. The highest BCUT2D eigenvalue weighted by atomic mass is 15.2. The van der Waals surface area contributed by atoms with Crippen molar-refractivity contribution in [2.24, 2.45) is 0 Å². The molecule has 1 aliphatic rings. The van der Waals surface area contributed by atoms with Gasteiger partial charge in [0.2, 0.25) is 0 Å². The summed E-state index contributed by atoms with van der Waals surface area (Å²) in [5.74, 6) is 0.650. The molecular formula is C16H28N4. The molecule has 2 rings (SSSR count). The van der Waals surface area contributed by atoms with Crippen molar-refractivity contribution in [3.05, 3.63) is 23.9 Å². The third-order valence-electron chi connectivity index (χ3n) is 4.97. The van der Waals surface area contributed by atoms with Gasteiger partial charge in [-0.05, 0) is 51.9 Å². The van der Waals surface area contributed by atoms with Crippen LogP contribution in [0.25, 0.3) is 0 Å². The number of aromatic nitrogens is 1. The molecule has 1 unspecified atom stereocenters. The average Bonchev–Trinajstić information content (AvgIpc) is 3.01. The van der Waals surface area contributed by atoms with Crippen LogP contribution in [0.4, 0.5) is 5.82 Å². The summed E-state index contributed by atoms with van der Waals surface area (Å²) in [6, 6.07) is 4.32. The van der Waals surface area contributed by atoms with E-state index in [-0.39, 0.29) is 11.6 Å². The summed E-state index contributed by atoms with van der Waals surface area (Å²) in [5, 5.41) is 3.52. The van der Waals surface area contributed by atoms with Gasteiger partial charge < -0.3 is 11.1 Å². The number of pyridine rings is 1. The van der Waals surface area contributed by atoms with E-state index in [0.717, 1.165) is 18.4 Å². The number of nitrogens with two attached hydrogens (primary N) is 1. The van der Waals surface area contributed by atoms with Crippen LogP contribution in [0.3, 0.4) is 0 Å². The number of nitrogen functional groups attached to an aromatic ring is 1. The molecule has 1 fully saturated rings. The van der Waals surface area contributed by atoms with E-state index in [9.17, 15) is 0 Å². The normalized spacial score (nSPS) is 18.4. The van der Waals surface area contributed by atoms with Gasteiger partial charge in [-0.1, -0.05) is 19.9 Å². The van der Waals surface area contributed by atoms with Crippen molar-refractivity contribution < 1.29 is 0 Å². The molecule has 1 aromatic rings. The highest BCUT2D eigenvalue weighted by Crippen LogP contribution is 2.40. The van der Waals surface area contributed by atoms with E-state index in [0.29, 0.717) is 5.82 Å². The standard InChI is InChI=1S/C16H28N4/c1-4-16(5-2,20-11-6-7-12-20)14(18-3)13-9-8-10-19-15(13)17/h8-10,14,18H,4-7,11-12H2,1-3H3,(H2,17,19). The second-order valence-electron chi connectivity index (χ2n) is 5.70. The quantitative estimate of drug-likeness (QED) is 0.838. The fraction of sp³-hybridized carbons (Fsp3) is 0.688. The molecular weight excluding hydrogens is 248 g/mol. The molecule has 1 aliphatic heterocycles. The van der Waals surface area contributed by atoms with Crippen LogP contribution in [0, 0.1) is 0 Å². The van der Waals surface area contributed by atoms with E-state index in [1.54, 1.807) is 6.20 Å². The third-order valence-corrected chi connectivity index (χ3v) is 4.97. The molecule has 4 heteroatoms. The van der Waals surface area contributed by atoms with Crippen molar-refractivity contribution in [1.82, 2.24) is 15.2 Å². The highest BCUT2D eigenvalue weighted by Gasteiger charge is 2.42. The fourth-order valence-corrected chi connectivity index (χ4v) is 3.84. The van der Waals surface area contributed by atoms with Gasteiger partial charge in [-0.25, -0.2) is 4.98 Å². The van der Waals surface area contributed by atoms with Gasteiger partial charge >= 0.3 is 0 Å². The zero-order valence-electron chi connectivity index (χ0n) is 13.0. The summed E-state index contributed by atoms with van der Waals surface area (Å²) in [6.07, 6.45) is 6.61. The van der Waals surface area contributed by atoms with Crippen LogP contribution >= 0.6 is 0 Å². The molecule has 1 aromatic heterocycles. The Morgan fingerprint density at radius 1 is 1.35 bits per heavy atom. The largest absolute Gasteiger partial charge is 0.383 e. The van der Waals surface area contributed by atoms with Crippen molar-refractivity contribution in [3.8, 4) is 0 Å². The maximum atomic E-state index is 6.13. The minimum absolute atomic E-state index is 0.127. The van der Waals surface area contributed by atoms with Crippen molar-refractivity contribution in [3.63, 3.8) is 0 Å². The Kier molecular flexibility index (Phi) is 5.00. The Labute approximate surface area is 122 Å². The van der Waals surface area contributed by atoms with E-state index in [2.05, 4.69) is 35.1 Å². The first kappa shape index (κ1) is 15.3. The Balaban J connectivity index is 2.42. The summed E-state index contributed by atoms with van der Waals surface area (Å²) in [5.41, 5.74) is 7.39. The molecule has 1 atom stereocenters. The number of nitrogens with zero attached hydrogens (tertiary/aromatic N) is 2. The average molecular weight is 276 g/mol. The first-order valence-corrected chi connectivity index (χ1v) is 7.82. The summed E-state index contributed by atoms with van der Waals surface area (Å²) in [4.78, 5) is 6.93. The molecule has 4 nitrogen and oxygen atoms in total. The zero-order chi connectivity index (χ0) is 14.6. The van der Waals surface area contributed by atoms with E-state index >= 15 is 0 Å². The SMILES string of the molecule is CCC(CC)(C(NC)c1cccnc1N)N1CCCC1. The molecule has 112 valence electrons.